The lowest BCUT2D eigenvalue weighted by molar-refractivity contribution is 0.0684. The average Bonchev–Trinajstić information content (AvgIpc) is 3.38. The molecule has 8 nitrogen and oxygen atoms in total. The van der Waals surface area contributed by atoms with Crippen LogP contribution in [0.15, 0.2) is 48.8 Å². The topological polar surface area (TPSA) is 104 Å². The molecule has 1 unspecified atom stereocenters. The van der Waals surface area contributed by atoms with Gasteiger partial charge in [0, 0.05) is 24.6 Å². The molecule has 4 rings (SSSR count). The molecule has 1 aliphatic rings. The maximum Gasteiger partial charge on any atom is 0.354 e. The quantitative estimate of drug-likeness (QED) is 0.738. The van der Waals surface area contributed by atoms with Gasteiger partial charge in [0.05, 0.1) is 18.1 Å². The molecule has 1 amide bonds. The zero-order valence-electron chi connectivity index (χ0n) is 14.6. The number of benzene rings is 1. The highest BCUT2D eigenvalue weighted by Gasteiger charge is 2.30. The normalized spacial score (nSPS) is 17.0. The van der Waals surface area contributed by atoms with Crippen molar-refractivity contribution in [1.82, 2.24) is 24.9 Å². The molecule has 27 heavy (non-hydrogen) atoms. The molecule has 1 fully saturated rings. The Balaban J connectivity index is 1.58. The summed E-state index contributed by atoms with van der Waals surface area (Å²) < 4.78 is 1.63. The van der Waals surface area contributed by atoms with Gasteiger partial charge in [-0.2, -0.15) is 10.2 Å². The number of aromatic carboxylic acids is 1. The summed E-state index contributed by atoms with van der Waals surface area (Å²) in [5, 5.41) is 20.0. The highest BCUT2D eigenvalue weighted by Crippen LogP contribution is 2.29. The summed E-state index contributed by atoms with van der Waals surface area (Å²) in [7, 11) is 0. The third kappa shape index (κ3) is 3.21. The number of nitrogens with zero attached hydrogens (tertiary/aromatic N) is 4. The Morgan fingerprint density at radius 1 is 1.19 bits per heavy atom. The summed E-state index contributed by atoms with van der Waals surface area (Å²) in [6.07, 6.45) is 4.79. The van der Waals surface area contributed by atoms with Crippen LogP contribution in [0.1, 0.15) is 45.3 Å². The number of hydrogen-bond donors (Lipinski definition) is 2. The van der Waals surface area contributed by atoms with Gasteiger partial charge in [-0.15, -0.1) is 0 Å². The zero-order chi connectivity index (χ0) is 18.8. The van der Waals surface area contributed by atoms with E-state index in [0.29, 0.717) is 24.3 Å². The molecule has 0 saturated carbocycles. The van der Waals surface area contributed by atoms with Gasteiger partial charge in [-0.05, 0) is 31.0 Å². The minimum absolute atomic E-state index is 0.0550. The fraction of sp³-hybridized carbons (Fsp3) is 0.263. The number of likely N-dealkylation sites (tertiary alicyclic amines) is 1. The lowest BCUT2D eigenvalue weighted by atomic mass is 9.90. The van der Waals surface area contributed by atoms with Crippen LogP contribution in [0, 0.1) is 0 Å². The summed E-state index contributed by atoms with van der Waals surface area (Å²) in [6, 6.07) is 11.2. The van der Waals surface area contributed by atoms with Crippen molar-refractivity contribution in [2.75, 3.05) is 13.1 Å². The second-order valence-corrected chi connectivity index (χ2v) is 6.56. The van der Waals surface area contributed by atoms with E-state index in [2.05, 4.69) is 15.3 Å². The van der Waals surface area contributed by atoms with E-state index < -0.39 is 5.97 Å². The predicted octanol–water partition coefficient (Wildman–Crippen LogP) is 2.31. The molecule has 3 heterocycles. The van der Waals surface area contributed by atoms with E-state index in [9.17, 15) is 14.7 Å². The first-order valence-electron chi connectivity index (χ1n) is 8.80. The molecule has 1 saturated heterocycles. The van der Waals surface area contributed by atoms with E-state index in [4.69, 9.17) is 0 Å². The number of amides is 1. The number of para-hydroxylation sites is 1. The summed E-state index contributed by atoms with van der Waals surface area (Å²) >= 11 is 0. The van der Waals surface area contributed by atoms with Crippen LogP contribution in [0.5, 0.6) is 0 Å². The molecule has 0 bridgehead atoms. The number of carbonyl (C=O) groups excluding carboxylic acids is 1. The fourth-order valence-corrected chi connectivity index (χ4v) is 3.59. The molecule has 138 valence electrons. The summed E-state index contributed by atoms with van der Waals surface area (Å²) in [4.78, 5) is 26.2. The van der Waals surface area contributed by atoms with Crippen molar-refractivity contribution in [1.29, 1.82) is 0 Å². The monoisotopic (exact) mass is 365 g/mol. The van der Waals surface area contributed by atoms with E-state index in [-0.39, 0.29) is 17.5 Å². The molecular weight excluding hydrogens is 346 g/mol. The van der Waals surface area contributed by atoms with Gasteiger partial charge in [0.25, 0.3) is 5.91 Å². The molecule has 0 aliphatic carbocycles. The van der Waals surface area contributed by atoms with E-state index >= 15 is 0 Å². The maximum atomic E-state index is 13.1. The first kappa shape index (κ1) is 17.0. The number of hydrogen-bond acceptors (Lipinski definition) is 4. The lowest BCUT2D eigenvalue weighted by Crippen LogP contribution is -2.40. The predicted molar refractivity (Wildman–Crippen MR) is 97.0 cm³/mol. The van der Waals surface area contributed by atoms with Crippen molar-refractivity contribution in [2.45, 2.75) is 18.8 Å². The Bertz CT molecular complexity index is 963. The van der Waals surface area contributed by atoms with Gasteiger partial charge in [0.1, 0.15) is 11.4 Å². The highest BCUT2D eigenvalue weighted by molar-refractivity contribution is 5.93. The second-order valence-electron chi connectivity index (χ2n) is 6.56. The lowest BCUT2D eigenvalue weighted by Gasteiger charge is -2.32. The molecule has 1 atom stereocenters. The van der Waals surface area contributed by atoms with Crippen molar-refractivity contribution in [2.24, 2.45) is 0 Å². The first-order valence-corrected chi connectivity index (χ1v) is 8.80. The molecule has 8 heteroatoms. The van der Waals surface area contributed by atoms with Gasteiger partial charge in [-0.25, -0.2) is 9.48 Å². The first-order chi connectivity index (χ1) is 13.1. The number of carboxylic acid groups (broad SMARTS) is 1. The van der Waals surface area contributed by atoms with Crippen LogP contribution in [-0.4, -0.2) is 55.0 Å². The number of aromatic nitrogens is 4. The van der Waals surface area contributed by atoms with E-state index in [0.717, 1.165) is 18.5 Å². The fourth-order valence-electron chi connectivity index (χ4n) is 3.59. The Morgan fingerprint density at radius 2 is 2.00 bits per heavy atom. The third-order valence-electron chi connectivity index (χ3n) is 4.89. The molecule has 2 aromatic heterocycles. The van der Waals surface area contributed by atoms with Crippen LogP contribution in [0.2, 0.25) is 0 Å². The van der Waals surface area contributed by atoms with Crippen LogP contribution in [0.3, 0.4) is 0 Å². The largest absolute Gasteiger partial charge is 0.477 e. The van der Waals surface area contributed by atoms with Crippen LogP contribution in [0.25, 0.3) is 5.69 Å². The number of rotatable bonds is 4. The molecule has 3 aromatic rings. The smallest absolute Gasteiger partial charge is 0.354 e. The van der Waals surface area contributed by atoms with Gasteiger partial charge in [0.2, 0.25) is 0 Å². The van der Waals surface area contributed by atoms with E-state index in [1.54, 1.807) is 28.0 Å². The number of carboxylic acids is 1. The molecule has 0 radical (unpaired) electrons. The number of piperidine rings is 1. The second kappa shape index (κ2) is 7.06. The zero-order valence-corrected chi connectivity index (χ0v) is 14.6. The third-order valence-corrected chi connectivity index (χ3v) is 4.89. The van der Waals surface area contributed by atoms with Crippen LogP contribution >= 0.6 is 0 Å². The van der Waals surface area contributed by atoms with Gasteiger partial charge in [-0.1, -0.05) is 18.2 Å². The van der Waals surface area contributed by atoms with Gasteiger partial charge < -0.3 is 10.0 Å². The Labute approximate surface area is 155 Å². The van der Waals surface area contributed by atoms with Crippen LogP contribution < -0.4 is 0 Å². The minimum Gasteiger partial charge on any atom is -0.477 e. The van der Waals surface area contributed by atoms with Gasteiger partial charge in [-0.3, -0.25) is 9.89 Å². The maximum absolute atomic E-state index is 13.1. The summed E-state index contributed by atoms with van der Waals surface area (Å²) in [5.74, 6) is -1.20. The summed E-state index contributed by atoms with van der Waals surface area (Å²) in [5.41, 5.74) is 2.06. The van der Waals surface area contributed by atoms with Gasteiger partial charge in [0.15, 0.2) is 0 Å². The number of H-pyrrole nitrogens is 1. The number of carbonyl (C=O) groups is 2. The van der Waals surface area contributed by atoms with Crippen molar-refractivity contribution in [3.63, 3.8) is 0 Å². The molecule has 1 aliphatic heterocycles. The van der Waals surface area contributed by atoms with E-state index in [1.807, 2.05) is 30.3 Å². The molecular formula is C19H19N5O3. The Kier molecular flexibility index (Phi) is 4.45. The summed E-state index contributed by atoms with van der Waals surface area (Å²) in [6.45, 7) is 1.09. The van der Waals surface area contributed by atoms with Crippen molar-refractivity contribution >= 4 is 11.9 Å². The molecule has 1 aromatic carbocycles. The van der Waals surface area contributed by atoms with Crippen LogP contribution in [0.4, 0.5) is 0 Å². The Hall–Kier alpha value is -3.42. The minimum atomic E-state index is -1.03. The SMILES string of the molecule is O=C(O)c1[nH]ncc1C1CCCN(C(=O)c2ccnn2-c2ccccc2)C1. The average molecular weight is 365 g/mol. The molecule has 2 N–H and O–H groups in total. The van der Waals surface area contributed by atoms with Crippen molar-refractivity contribution in [3.05, 3.63) is 65.7 Å². The standard InChI is InChI=1S/C19H19N5O3/c25-18(16-8-9-21-24(16)14-6-2-1-3-7-14)23-10-4-5-13(12-23)15-11-20-22-17(15)19(26)27/h1-3,6-9,11,13H,4-5,10,12H2,(H,20,22)(H,26,27). The number of nitrogens with one attached hydrogen (secondary N) is 1. The van der Waals surface area contributed by atoms with Crippen molar-refractivity contribution < 1.29 is 14.7 Å². The Morgan fingerprint density at radius 3 is 2.78 bits per heavy atom. The van der Waals surface area contributed by atoms with Crippen LogP contribution in [-0.2, 0) is 0 Å². The molecule has 0 spiro atoms. The van der Waals surface area contributed by atoms with E-state index in [1.165, 1.54) is 0 Å². The highest BCUT2D eigenvalue weighted by atomic mass is 16.4. The number of aromatic amines is 1. The van der Waals surface area contributed by atoms with Gasteiger partial charge >= 0.3 is 5.97 Å². The van der Waals surface area contributed by atoms with Crippen molar-refractivity contribution in [3.8, 4) is 5.69 Å².